The molecule has 0 spiro atoms. The highest BCUT2D eigenvalue weighted by atomic mass is 32.2. The SMILES string of the molecule is CNCc1ccc(S(=O)(=O)N(CCC(C)C)C2CC2)s1. The number of sulfonamides is 1. The Morgan fingerprint density at radius 3 is 2.65 bits per heavy atom. The van der Waals surface area contributed by atoms with Gasteiger partial charge < -0.3 is 5.32 Å². The van der Waals surface area contributed by atoms with Gasteiger partial charge in [0, 0.05) is 24.0 Å². The topological polar surface area (TPSA) is 49.4 Å². The maximum Gasteiger partial charge on any atom is 0.252 e. The smallest absolute Gasteiger partial charge is 0.252 e. The van der Waals surface area contributed by atoms with Crippen LogP contribution in [0.3, 0.4) is 0 Å². The molecule has 1 aliphatic carbocycles. The number of rotatable bonds is 8. The minimum absolute atomic E-state index is 0.230. The molecule has 0 unspecified atom stereocenters. The van der Waals surface area contributed by atoms with Crippen molar-refractivity contribution in [3.05, 3.63) is 17.0 Å². The number of nitrogens with zero attached hydrogens (tertiary/aromatic N) is 1. The molecule has 1 aromatic heterocycles. The van der Waals surface area contributed by atoms with Gasteiger partial charge >= 0.3 is 0 Å². The van der Waals surface area contributed by atoms with Gasteiger partial charge in [0.05, 0.1) is 0 Å². The van der Waals surface area contributed by atoms with Gasteiger partial charge in [-0.25, -0.2) is 8.42 Å². The van der Waals surface area contributed by atoms with Crippen LogP contribution in [0.5, 0.6) is 0 Å². The molecule has 4 nitrogen and oxygen atoms in total. The van der Waals surface area contributed by atoms with Crippen LogP contribution in [0.15, 0.2) is 16.3 Å². The van der Waals surface area contributed by atoms with E-state index in [9.17, 15) is 8.42 Å². The molecular weight excluding hydrogens is 292 g/mol. The lowest BCUT2D eigenvalue weighted by atomic mass is 10.1. The number of thiophene rings is 1. The van der Waals surface area contributed by atoms with Crippen molar-refractivity contribution in [1.82, 2.24) is 9.62 Å². The van der Waals surface area contributed by atoms with Gasteiger partial charge in [0.1, 0.15) is 4.21 Å². The summed E-state index contributed by atoms with van der Waals surface area (Å²) in [5, 5.41) is 3.06. The summed E-state index contributed by atoms with van der Waals surface area (Å²) >= 11 is 1.38. The normalized spacial score (nSPS) is 16.2. The van der Waals surface area contributed by atoms with E-state index in [4.69, 9.17) is 0 Å². The minimum Gasteiger partial charge on any atom is -0.315 e. The first kappa shape index (κ1) is 15.9. The third-order valence-corrected chi connectivity index (χ3v) is 6.94. The van der Waals surface area contributed by atoms with Gasteiger partial charge in [-0.15, -0.1) is 11.3 Å². The number of nitrogens with one attached hydrogen (secondary N) is 1. The predicted molar refractivity (Wildman–Crippen MR) is 83.5 cm³/mol. The molecule has 1 fully saturated rings. The standard InChI is InChI=1S/C14H24N2O2S2/c1-11(2)8-9-16(12-4-5-12)20(17,18)14-7-6-13(19-14)10-15-3/h6-7,11-12,15H,4-5,8-10H2,1-3H3. The van der Waals surface area contributed by atoms with E-state index in [0.717, 1.165) is 30.7 Å². The van der Waals surface area contributed by atoms with Crippen LogP contribution in [0, 0.1) is 5.92 Å². The van der Waals surface area contributed by atoms with Gasteiger partial charge in [0.2, 0.25) is 0 Å². The fraction of sp³-hybridized carbons (Fsp3) is 0.714. The summed E-state index contributed by atoms with van der Waals surface area (Å²) in [5.41, 5.74) is 0. The second-order valence-electron chi connectivity index (χ2n) is 5.78. The van der Waals surface area contributed by atoms with Gasteiger partial charge in [-0.3, -0.25) is 0 Å². The van der Waals surface area contributed by atoms with Crippen molar-refractivity contribution in [3.63, 3.8) is 0 Å². The van der Waals surface area contributed by atoms with Crippen molar-refractivity contribution in [1.29, 1.82) is 0 Å². The zero-order valence-corrected chi connectivity index (χ0v) is 14.1. The van der Waals surface area contributed by atoms with E-state index in [2.05, 4.69) is 19.2 Å². The molecule has 0 bridgehead atoms. The summed E-state index contributed by atoms with van der Waals surface area (Å²) in [7, 11) is -1.44. The maximum atomic E-state index is 12.8. The van der Waals surface area contributed by atoms with E-state index in [1.54, 1.807) is 10.4 Å². The highest BCUT2D eigenvalue weighted by molar-refractivity contribution is 7.91. The fourth-order valence-electron chi connectivity index (χ4n) is 2.13. The second-order valence-corrected chi connectivity index (χ2v) is 9.07. The Bertz CT molecular complexity index is 533. The van der Waals surface area contributed by atoms with Crippen molar-refractivity contribution in [3.8, 4) is 0 Å². The Morgan fingerprint density at radius 2 is 2.10 bits per heavy atom. The maximum absolute atomic E-state index is 12.8. The quantitative estimate of drug-likeness (QED) is 0.802. The van der Waals surface area contributed by atoms with Crippen LogP contribution in [0.25, 0.3) is 0 Å². The van der Waals surface area contributed by atoms with Crippen molar-refractivity contribution in [2.75, 3.05) is 13.6 Å². The van der Waals surface area contributed by atoms with Crippen molar-refractivity contribution in [2.45, 2.75) is 49.9 Å². The molecule has 0 atom stereocenters. The van der Waals surface area contributed by atoms with Gasteiger partial charge in [0.25, 0.3) is 10.0 Å². The van der Waals surface area contributed by atoms with Crippen LogP contribution < -0.4 is 5.32 Å². The number of hydrogen-bond donors (Lipinski definition) is 1. The first-order valence-corrected chi connectivity index (χ1v) is 9.46. The molecule has 1 aromatic rings. The molecule has 6 heteroatoms. The third-order valence-electron chi connectivity index (χ3n) is 3.43. The van der Waals surface area contributed by atoms with Crippen molar-refractivity contribution in [2.24, 2.45) is 5.92 Å². The molecule has 0 aliphatic heterocycles. The Kier molecular flexibility index (Phi) is 5.23. The van der Waals surface area contributed by atoms with E-state index in [1.807, 2.05) is 13.1 Å². The molecule has 1 heterocycles. The summed E-state index contributed by atoms with van der Waals surface area (Å²) in [6.45, 7) is 5.63. The molecular formula is C14H24N2O2S2. The molecule has 1 aliphatic rings. The molecule has 0 radical (unpaired) electrons. The van der Waals surface area contributed by atoms with E-state index in [0.29, 0.717) is 16.7 Å². The first-order chi connectivity index (χ1) is 9.45. The average Bonchev–Trinajstić information content (AvgIpc) is 3.07. The molecule has 1 N–H and O–H groups in total. The van der Waals surface area contributed by atoms with Crippen LogP contribution >= 0.6 is 11.3 Å². The average molecular weight is 316 g/mol. The largest absolute Gasteiger partial charge is 0.315 e. The highest BCUT2D eigenvalue weighted by Gasteiger charge is 2.38. The summed E-state index contributed by atoms with van der Waals surface area (Å²) in [5.74, 6) is 0.523. The Balaban J connectivity index is 2.16. The fourth-order valence-corrected chi connectivity index (χ4v) is 5.33. The van der Waals surface area contributed by atoms with E-state index in [1.165, 1.54) is 11.3 Å². The van der Waals surface area contributed by atoms with Gasteiger partial charge in [-0.2, -0.15) is 4.31 Å². The van der Waals surface area contributed by atoms with E-state index < -0.39 is 10.0 Å². The van der Waals surface area contributed by atoms with Gasteiger partial charge in [0.15, 0.2) is 0 Å². The third kappa shape index (κ3) is 3.81. The summed E-state index contributed by atoms with van der Waals surface area (Å²) in [6.07, 6.45) is 2.93. The van der Waals surface area contributed by atoms with Crippen LogP contribution in [0.4, 0.5) is 0 Å². The van der Waals surface area contributed by atoms with Crippen molar-refractivity contribution >= 4 is 21.4 Å². The molecule has 0 amide bonds. The molecule has 0 aromatic carbocycles. The van der Waals surface area contributed by atoms with E-state index in [-0.39, 0.29) is 6.04 Å². The Labute approximate surface area is 126 Å². The predicted octanol–water partition coefficient (Wildman–Crippen LogP) is 2.67. The first-order valence-electron chi connectivity index (χ1n) is 7.20. The minimum atomic E-state index is -3.31. The molecule has 1 saturated carbocycles. The summed E-state index contributed by atoms with van der Waals surface area (Å²) < 4.78 is 27.7. The van der Waals surface area contributed by atoms with Crippen LogP contribution in [0.1, 0.15) is 38.0 Å². The lowest BCUT2D eigenvalue weighted by Crippen LogP contribution is -2.34. The lowest BCUT2D eigenvalue weighted by molar-refractivity contribution is 0.374. The zero-order valence-electron chi connectivity index (χ0n) is 12.4. The summed E-state index contributed by atoms with van der Waals surface area (Å²) in [6, 6.07) is 3.88. The van der Waals surface area contributed by atoms with Crippen molar-refractivity contribution < 1.29 is 8.42 Å². The zero-order chi connectivity index (χ0) is 14.8. The molecule has 20 heavy (non-hydrogen) atoms. The molecule has 114 valence electrons. The lowest BCUT2D eigenvalue weighted by Gasteiger charge is -2.21. The van der Waals surface area contributed by atoms with Gasteiger partial charge in [-0.05, 0) is 44.4 Å². The van der Waals surface area contributed by atoms with Crippen LogP contribution in [-0.4, -0.2) is 32.4 Å². The highest BCUT2D eigenvalue weighted by Crippen LogP contribution is 2.34. The second kappa shape index (κ2) is 6.56. The van der Waals surface area contributed by atoms with Crippen LogP contribution in [-0.2, 0) is 16.6 Å². The van der Waals surface area contributed by atoms with Crippen LogP contribution in [0.2, 0.25) is 0 Å². The molecule has 0 saturated heterocycles. The van der Waals surface area contributed by atoms with E-state index >= 15 is 0 Å². The Hall–Kier alpha value is -0.430. The molecule has 2 rings (SSSR count). The summed E-state index contributed by atoms with van der Waals surface area (Å²) in [4.78, 5) is 1.06. The number of hydrogen-bond acceptors (Lipinski definition) is 4. The monoisotopic (exact) mass is 316 g/mol. The van der Waals surface area contributed by atoms with Gasteiger partial charge in [-0.1, -0.05) is 13.8 Å². The Morgan fingerprint density at radius 1 is 1.40 bits per heavy atom.